The van der Waals surface area contributed by atoms with Gasteiger partial charge in [-0.1, -0.05) is 0 Å². The van der Waals surface area contributed by atoms with Crippen LogP contribution in [0.3, 0.4) is 0 Å². The number of nitrogen functional groups attached to an aromatic ring is 1. The van der Waals surface area contributed by atoms with Crippen molar-refractivity contribution in [2.24, 2.45) is 5.92 Å². The molecule has 2 aliphatic rings. The van der Waals surface area contributed by atoms with Gasteiger partial charge >= 0.3 is 6.09 Å². The molecule has 1 saturated carbocycles. The third kappa shape index (κ3) is 4.34. The number of carbonyl (C=O) groups excluding carboxylic acids is 1. The zero-order valence-corrected chi connectivity index (χ0v) is 17.0. The molecule has 1 aromatic carbocycles. The van der Waals surface area contributed by atoms with E-state index in [1.165, 1.54) is 12.8 Å². The number of ether oxygens (including phenoxy) is 2. The first kappa shape index (κ1) is 18.9. The molecule has 1 aromatic heterocycles. The fourth-order valence-electron chi connectivity index (χ4n) is 3.53. The molecule has 0 atom stereocenters. The van der Waals surface area contributed by atoms with Crippen LogP contribution < -0.4 is 10.5 Å². The molecule has 1 aliphatic heterocycles. The molecule has 0 bridgehead atoms. The highest BCUT2D eigenvalue weighted by Gasteiger charge is 2.28. The number of hydrogen-bond acceptors (Lipinski definition) is 5. The smallest absolute Gasteiger partial charge is 0.410 e. The lowest BCUT2D eigenvalue weighted by Crippen LogP contribution is -2.42. The number of aromatic nitrogens is 2. The molecule has 2 fully saturated rings. The predicted octanol–water partition coefficient (Wildman–Crippen LogP) is 3.98. The van der Waals surface area contributed by atoms with Crippen molar-refractivity contribution in [2.75, 3.05) is 25.4 Å². The average Bonchev–Trinajstić information content (AvgIpc) is 3.37. The first-order valence-corrected chi connectivity index (χ1v) is 10.2. The number of carbonyl (C=O) groups is 1. The number of likely N-dealkylation sites (tertiary alicyclic amines) is 1. The molecule has 28 heavy (non-hydrogen) atoms. The summed E-state index contributed by atoms with van der Waals surface area (Å²) in [6.07, 6.45) is 6.02. The summed E-state index contributed by atoms with van der Waals surface area (Å²) < 4.78 is 13.4. The number of fused-ring (bicyclic) bond motifs is 1. The first-order chi connectivity index (χ1) is 13.3. The van der Waals surface area contributed by atoms with Gasteiger partial charge in [0, 0.05) is 30.7 Å². The summed E-state index contributed by atoms with van der Waals surface area (Å²) in [6.45, 7) is 7.75. The Morgan fingerprint density at radius 3 is 2.57 bits per heavy atom. The van der Waals surface area contributed by atoms with Crippen molar-refractivity contribution in [3.63, 3.8) is 0 Å². The monoisotopic (exact) mass is 386 g/mol. The summed E-state index contributed by atoms with van der Waals surface area (Å²) in [7, 11) is 0. The zero-order valence-electron chi connectivity index (χ0n) is 17.0. The summed E-state index contributed by atoms with van der Waals surface area (Å²) in [6, 6.07) is 4.15. The Morgan fingerprint density at radius 1 is 1.21 bits per heavy atom. The number of benzene rings is 1. The topological polar surface area (TPSA) is 82.6 Å². The number of amides is 1. The SMILES string of the molecule is CC(C)(C)OC(=O)N1CCC(n2cc3cc(N)c(OCC4CC4)cc3n2)CC1. The van der Waals surface area contributed by atoms with Crippen molar-refractivity contribution in [3.8, 4) is 5.75 Å². The standard InChI is InChI=1S/C21H30N4O3/c1-21(2,3)28-20(26)24-8-6-16(7-9-24)25-12-15-10-17(22)19(11-18(15)23-25)27-13-14-4-5-14/h10-12,14,16H,4-9,13,22H2,1-3H3. The van der Waals surface area contributed by atoms with Crippen molar-refractivity contribution in [3.05, 3.63) is 18.3 Å². The van der Waals surface area contributed by atoms with Gasteiger partial charge in [0.2, 0.25) is 0 Å². The minimum Gasteiger partial charge on any atom is -0.491 e. The van der Waals surface area contributed by atoms with Gasteiger partial charge in [0.25, 0.3) is 0 Å². The van der Waals surface area contributed by atoms with Gasteiger partial charge in [0.15, 0.2) is 0 Å². The van der Waals surface area contributed by atoms with Crippen LogP contribution in [-0.4, -0.2) is 46.1 Å². The molecule has 0 radical (unpaired) electrons. The van der Waals surface area contributed by atoms with E-state index in [0.29, 0.717) is 24.7 Å². The minimum absolute atomic E-state index is 0.234. The molecule has 2 heterocycles. The number of anilines is 1. The lowest BCUT2D eigenvalue weighted by Gasteiger charge is -2.33. The Hall–Kier alpha value is -2.44. The first-order valence-electron chi connectivity index (χ1n) is 10.2. The molecular weight excluding hydrogens is 356 g/mol. The molecule has 7 heteroatoms. The summed E-state index contributed by atoms with van der Waals surface area (Å²) in [5, 5.41) is 5.78. The number of nitrogens with two attached hydrogens (primary N) is 1. The number of piperidine rings is 1. The average molecular weight is 386 g/mol. The van der Waals surface area contributed by atoms with Crippen LogP contribution in [0.15, 0.2) is 18.3 Å². The van der Waals surface area contributed by atoms with Gasteiger partial charge in [-0.25, -0.2) is 4.79 Å². The van der Waals surface area contributed by atoms with Crippen molar-refractivity contribution < 1.29 is 14.3 Å². The van der Waals surface area contributed by atoms with E-state index in [9.17, 15) is 4.79 Å². The normalized spacial score (nSPS) is 18.5. The Labute approximate surface area is 165 Å². The van der Waals surface area contributed by atoms with E-state index in [4.69, 9.17) is 20.3 Å². The summed E-state index contributed by atoms with van der Waals surface area (Å²) in [5.41, 5.74) is 7.25. The fourth-order valence-corrected chi connectivity index (χ4v) is 3.53. The molecule has 2 N–H and O–H groups in total. The Balaban J connectivity index is 1.41. The second-order valence-corrected chi connectivity index (χ2v) is 9.01. The van der Waals surface area contributed by atoms with Crippen molar-refractivity contribution in [2.45, 2.75) is 58.1 Å². The maximum Gasteiger partial charge on any atom is 0.410 e. The molecule has 1 aliphatic carbocycles. The van der Waals surface area contributed by atoms with Crippen LogP contribution in [0.25, 0.3) is 10.9 Å². The molecule has 0 unspecified atom stereocenters. The fraction of sp³-hybridized carbons (Fsp3) is 0.619. The molecular formula is C21H30N4O3. The van der Waals surface area contributed by atoms with E-state index in [2.05, 4.69) is 0 Å². The van der Waals surface area contributed by atoms with Gasteiger partial charge in [-0.15, -0.1) is 0 Å². The predicted molar refractivity (Wildman–Crippen MR) is 108 cm³/mol. The van der Waals surface area contributed by atoms with Gasteiger partial charge in [-0.3, -0.25) is 4.68 Å². The molecule has 152 valence electrons. The van der Waals surface area contributed by atoms with Crippen LogP contribution in [0, 0.1) is 5.92 Å². The van der Waals surface area contributed by atoms with E-state index < -0.39 is 5.60 Å². The quantitative estimate of drug-likeness (QED) is 0.804. The van der Waals surface area contributed by atoms with Crippen LogP contribution in [0.2, 0.25) is 0 Å². The Bertz CT molecular complexity index is 858. The van der Waals surface area contributed by atoms with E-state index in [0.717, 1.165) is 36.1 Å². The van der Waals surface area contributed by atoms with Crippen LogP contribution in [-0.2, 0) is 4.74 Å². The van der Waals surface area contributed by atoms with Crippen molar-refractivity contribution >= 4 is 22.7 Å². The van der Waals surface area contributed by atoms with E-state index >= 15 is 0 Å². The second-order valence-electron chi connectivity index (χ2n) is 9.01. The highest BCUT2D eigenvalue weighted by Crippen LogP contribution is 2.33. The second kappa shape index (κ2) is 7.18. The Morgan fingerprint density at radius 2 is 1.93 bits per heavy atom. The van der Waals surface area contributed by atoms with Gasteiger partial charge in [-0.05, 0) is 58.4 Å². The van der Waals surface area contributed by atoms with E-state index in [1.807, 2.05) is 43.8 Å². The van der Waals surface area contributed by atoms with E-state index in [1.54, 1.807) is 4.90 Å². The highest BCUT2D eigenvalue weighted by atomic mass is 16.6. The van der Waals surface area contributed by atoms with Crippen LogP contribution in [0.4, 0.5) is 10.5 Å². The van der Waals surface area contributed by atoms with Gasteiger partial charge < -0.3 is 20.1 Å². The number of hydrogen-bond donors (Lipinski definition) is 1. The molecule has 1 saturated heterocycles. The van der Waals surface area contributed by atoms with Crippen LogP contribution in [0.5, 0.6) is 5.75 Å². The van der Waals surface area contributed by atoms with Gasteiger partial charge in [0.1, 0.15) is 11.4 Å². The molecule has 2 aromatic rings. The third-order valence-corrected chi connectivity index (χ3v) is 5.32. The van der Waals surface area contributed by atoms with Gasteiger partial charge in [0.05, 0.1) is 23.9 Å². The number of rotatable bonds is 4. The molecule has 7 nitrogen and oxygen atoms in total. The minimum atomic E-state index is -0.465. The summed E-state index contributed by atoms with van der Waals surface area (Å²) in [4.78, 5) is 14.0. The Kier molecular flexibility index (Phi) is 4.85. The summed E-state index contributed by atoms with van der Waals surface area (Å²) >= 11 is 0. The lowest BCUT2D eigenvalue weighted by molar-refractivity contribution is 0.0185. The van der Waals surface area contributed by atoms with Crippen LogP contribution in [0.1, 0.15) is 52.5 Å². The molecule has 1 amide bonds. The number of nitrogens with zero attached hydrogens (tertiary/aromatic N) is 3. The van der Waals surface area contributed by atoms with Crippen LogP contribution >= 0.6 is 0 Å². The van der Waals surface area contributed by atoms with E-state index in [-0.39, 0.29) is 12.1 Å². The maximum absolute atomic E-state index is 12.2. The van der Waals surface area contributed by atoms with Crippen molar-refractivity contribution in [1.82, 2.24) is 14.7 Å². The zero-order chi connectivity index (χ0) is 19.9. The highest BCUT2D eigenvalue weighted by molar-refractivity contribution is 5.84. The van der Waals surface area contributed by atoms with Gasteiger partial charge in [-0.2, -0.15) is 5.10 Å². The maximum atomic E-state index is 12.2. The lowest BCUT2D eigenvalue weighted by atomic mass is 10.1. The molecule has 0 spiro atoms. The summed E-state index contributed by atoms with van der Waals surface area (Å²) in [5.74, 6) is 1.41. The van der Waals surface area contributed by atoms with Crippen molar-refractivity contribution in [1.29, 1.82) is 0 Å². The largest absolute Gasteiger partial charge is 0.491 e. The third-order valence-electron chi connectivity index (χ3n) is 5.32. The molecule has 4 rings (SSSR count).